The van der Waals surface area contributed by atoms with E-state index in [1.54, 1.807) is 6.92 Å². The molecule has 208 valence electrons. The minimum absolute atomic E-state index is 0.0442. The molecule has 0 bridgehead atoms. The number of carboxylic acids is 1. The van der Waals surface area contributed by atoms with Gasteiger partial charge >= 0.3 is 11.9 Å². The summed E-state index contributed by atoms with van der Waals surface area (Å²) in [5, 5.41) is 21.9. The highest BCUT2D eigenvalue weighted by atomic mass is 16.5. The minimum Gasteiger partial charge on any atom is -0.478 e. The Bertz CT molecular complexity index is 1010. The molecule has 3 saturated carbocycles. The van der Waals surface area contributed by atoms with Crippen molar-refractivity contribution in [2.24, 2.45) is 39.4 Å². The zero-order valence-electron chi connectivity index (χ0n) is 24.4. The maximum absolute atomic E-state index is 12.7. The summed E-state index contributed by atoms with van der Waals surface area (Å²) in [6.07, 6.45) is 12.5. The predicted molar refractivity (Wildman–Crippen MR) is 146 cm³/mol. The molecular formula is C32H50O5. The molecule has 0 heterocycles. The molecule has 4 aliphatic carbocycles. The van der Waals surface area contributed by atoms with E-state index in [1.165, 1.54) is 12.5 Å². The monoisotopic (exact) mass is 514 g/mol. The summed E-state index contributed by atoms with van der Waals surface area (Å²) < 4.78 is 5.80. The molecule has 0 amide bonds. The van der Waals surface area contributed by atoms with E-state index >= 15 is 0 Å². The van der Waals surface area contributed by atoms with Crippen molar-refractivity contribution in [2.45, 2.75) is 125 Å². The first-order valence-corrected chi connectivity index (χ1v) is 14.5. The minimum atomic E-state index is -0.837. The largest absolute Gasteiger partial charge is 0.478 e. The number of fused-ring (bicyclic) bond motifs is 5. The van der Waals surface area contributed by atoms with E-state index < -0.39 is 11.6 Å². The second-order valence-corrected chi connectivity index (χ2v) is 14.3. The lowest BCUT2D eigenvalue weighted by Crippen LogP contribution is -2.68. The molecule has 4 aliphatic rings. The summed E-state index contributed by atoms with van der Waals surface area (Å²) >= 11 is 0. The van der Waals surface area contributed by atoms with E-state index in [2.05, 4.69) is 47.6 Å². The standard InChI is InChI=1S/C32H50O5/c1-20(27(34)35)10-9-11-21(2)29(6)16-14-23-24-12-13-25-28(4,5)26(37-22(3)33)15-17-31(25,8)32(24,36)19-18-30(23,29)7/h10,14,21,24-26,36H,9,11-13,15-19H2,1-8H3,(H,34,35)/t21-,24+,25+,26+,29+,30-,31+,32-/m1/s1. The van der Waals surface area contributed by atoms with E-state index in [0.717, 1.165) is 57.8 Å². The van der Waals surface area contributed by atoms with Gasteiger partial charge in [-0.2, -0.15) is 0 Å². The Morgan fingerprint density at radius 1 is 1.08 bits per heavy atom. The van der Waals surface area contributed by atoms with Crippen LogP contribution in [-0.2, 0) is 14.3 Å². The van der Waals surface area contributed by atoms with E-state index in [1.807, 2.05) is 6.08 Å². The lowest BCUT2D eigenvalue weighted by Gasteiger charge is -2.68. The van der Waals surface area contributed by atoms with Crippen molar-refractivity contribution < 1.29 is 24.5 Å². The summed E-state index contributed by atoms with van der Waals surface area (Å²) in [4.78, 5) is 23.0. The Kier molecular flexibility index (Phi) is 7.09. The highest BCUT2D eigenvalue weighted by molar-refractivity contribution is 5.85. The van der Waals surface area contributed by atoms with Gasteiger partial charge < -0.3 is 14.9 Å². The Balaban J connectivity index is 1.58. The molecule has 37 heavy (non-hydrogen) atoms. The summed E-state index contributed by atoms with van der Waals surface area (Å²) in [5.41, 5.74) is 0.924. The SMILES string of the molecule is CC(=O)O[C@H]1CC[C@@]2(C)[C@@H](CC[C@H]3C4=CC[C@@](C)([C@H](C)CCC=C(C)C(=O)O)[C@]4(C)CC[C@@]32O)C1(C)C. The van der Waals surface area contributed by atoms with Crippen molar-refractivity contribution in [3.8, 4) is 0 Å². The first-order chi connectivity index (χ1) is 17.0. The first-order valence-electron chi connectivity index (χ1n) is 14.5. The Morgan fingerprint density at radius 2 is 1.76 bits per heavy atom. The Morgan fingerprint density at radius 3 is 2.38 bits per heavy atom. The van der Waals surface area contributed by atoms with Crippen LogP contribution in [0.1, 0.15) is 113 Å². The van der Waals surface area contributed by atoms with Gasteiger partial charge in [0.15, 0.2) is 0 Å². The Labute approximate surface area is 224 Å². The molecule has 0 unspecified atom stereocenters. The van der Waals surface area contributed by atoms with Crippen LogP contribution in [0.4, 0.5) is 0 Å². The van der Waals surface area contributed by atoms with Gasteiger partial charge in [0.25, 0.3) is 0 Å². The van der Waals surface area contributed by atoms with Gasteiger partial charge in [0.05, 0.1) is 5.60 Å². The zero-order chi connectivity index (χ0) is 27.6. The summed E-state index contributed by atoms with van der Waals surface area (Å²) in [7, 11) is 0. The van der Waals surface area contributed by atoms with Gasteiger partial charge in [0, 0.05) is 29.2 Å². The van der Waals surface area contributed by atoms with Crippen molar-refractivity contribution in [2.75, 3.05) is 0 Å². The molecule has 0 aromatic rings. The molecule has 0 radical (unpaired) electrons. The van der Waals surface area contributed by atoms with Gasteiger partial charge in [-0.25, -0.2) is 4.79 Å². The van der Waals surface area contributed by atoms with Gasteiger partial charge in [-0.15, -0.1) is 0 Å². The second kappa shape index (κ2) is 9.24. The number of esters is 1. The number of aliphatic hydroxyl groups is 1. The van der Waals surface area contributed by atoms with Crippen LogP contribution in [-0.4, -0.2) is 33.9 Å². The third-order valence-corrected chi connectivity index (χ3v) is 12.5. The Hall–Kier alpha value is -1.62. The van der Waals surface area contributed by atoms with Crippen LogP contribution < -0.4 is 0 Å². The fraction of sp³-hybridized carbons (Fsp3) is 0.812. The number of aliphatic carboxylic acids is 1. The van der Waals surface area contributed by atoms with Crippen molar-refractivity contribution in [1.82, 2.24) is 0 Å². The van der Waals surface area contributed by atoms with E-state index in [9.17, 15) is 19.8 Å². The van der Waals surface area contributed by atoms with Crippen molar-refractivity contribution in [3.05, 3.63) is 23.3 Å². The number of rotatable bonds is 6. The van der Waals surface area contributed by atoms with Crippen LogP contribution in [0.25, 0.3) is 0 Å². The topological polar surface area (TPSA) is 83.8 Å². The third kappa shape index (κ3) is 4.05. The molecule has 0 aromatic heterocycles. The quantitative estimate of drug-likeness (QED) is 0.225. The third-order valence-electron chi connectivity index (χ3n) is 12.5. The fourth-order valence-electron chi connectivity index (χ4n) is 9.69. The molecule has 2 N–H and O–H groups in total. The lowest BCUT2D eigenvalue weighted by atomic mass is 9.39. The van der Waals surface area contributed by atoms with Crippen molar-refractivity contribution in [3.63, 3.8) is 0 Å². The van der Waals surface area contributed by atoms with Crippen LogP contribution in [0.5, 0.6) is 0 Å². The van der Waals surface area contributed by atoms with Gasteiger partial charge in [0.2, 0.25) is 0 Å². The average Bonchev–Trinajstić information content (AvgIpc) is 3.08. The first kappa shape index (κ1) is 28.4. The van der Waals surface area contributed by atoms with Gasteiger partial charge in [0.1, 0.15) is 6.10 Å². The summed E-state index contributed by atoms with van der Waals surface area (Å²) in [6, 6.07) is 0. The maximum atomic E-state index is 12.7. The lowest BCUT2D eigenvalue weighted by molar-refractivity contribution is -0.246. The number of carbonyl (C=O) groups excluding carboxylic acids is 1. The van der Waals surface area contributed by atoms with Gasteiger partial charge in [-0.1, -0.05) is 59.3 Å². The predicted octanol–water partition coefficient (Wildman–Crippen LogP) is 7.09. The molecule has 0 spiro atoms. The van der Waals surface area contributed by atoms with E-state index in [0.29, 0.717) is 17.4 Å². The highest BCUT2D eigenvalue weighted by Gasteiger charge is 2.69. The fourth-order valence-corrected chi connectivity index (χ4v) is 9.69. The molecule has 8 atom stereocenters. The van der Waals surface area contributed by atoms with Crippen LogP contribution in [0.3, 0.4) is 0 Å². The zero-order valence-corrected chi connectivity index (χ0v) is 24.4. The number of hydrogen-bond donors (Lipinski definition) is 2. The second-order valence-electron chi connectivity index (χ2n) is 14.3. The number of allylic oxidation sites excluding steroid dienone is 2. The number of carboxylic acid groups (broad SMARTS) is 1. The molecule has 0 aromatic carbocycles. The van der Waals surface area contributed by atoms with Gasteiger partial charge in [-0.3, -0.25) is 4.79 Å². The van der Waals surface area contributed by atoms with Crippen LogP contribution in [0.2, 0.25) is 0 Å². The highest BCUT2D eigenvalue weighted by Crippen LogP contribution is 2.73. The number of hydrogen-bond acceptors (Lipinski definition) is 4. The van der Waals surface area contributed by atoms with E-state index in [-0.39, 0.29) is 39.7 Å². The van der Waals surface area contributed by atoms with Gasteiger partial charge in [-0.05, 0) is 87.4 Å². The molecular weight excluding hydrogens is 464 g/mol. The molecule has 5 heteroatoms. The van der Waals surface area contributed by atoms with Crippen LogP contribution in [0, 0.1) is 39.4 Å². The molecule has 3 fully saturated rings. The van der Waals surface area contributed by atoms with E-state index in [4.69, 9.17) is 4.74 Å². The average molecular weight is 515 g/mol. The smallest absolute Gasteiger partial charge is 0.330 e. The molecule has 0 aliphatic heterocycles. The molecule has 4 rings (SSSR count). The molecule has 5 nitrogen and oxygen atoms in total. The number of carbonyl (C=O) groups is 2. The molecule has 0 saturated heterocycles. The van der Waals surface area contributed by atoms with Crippen molar-refractivity contribution >= 4 is 11.9 Å². The van der Waals surface area contributed by atoms with Crippen LogP contribution >= 0.6 is 0 Å². The number of ether oxygens (including phenoxy) is 1. The summed E-state index contributed by atoms with van der Waals surface area (Å²) in [6.45, 7) is 17.2. The van der Waals surface area contributed by atoms with Crippen molar-refractivity contribution in [1.29, 1.82) is 0 Å². The summed E-state index contributed by atoms with van der Waals surface area (Å²) in [5.74, 6) is -0.116. The maximum Gasteiger partial charge on any atom is 0.330 e. The van der Waals surface area contributed by atoms with Crippen LogP contribution in [0.15, 0.2) is 23.3 Å². The normalized spacial score (nSPS) is 43.6.